The van der Waals surface area contributed by atoms with Crippen molar-refractivity contribution >= 4 is 33.7 Å². The third-order valence-electron chi connectivity index (χ3n) is 7.57. The summed E-state index contributed by atoms with van der Waals surface area (Å²) < 4.78 is 0. The molecule has 0 atom stereocenters. The maximum Gasteiger partial charge on any atom is 0.224 e. The number of nitrogens with zero attached hydrogens (tertiary/aromatic N) is 6. The van der Waals surface area contributed by atoms with Crippen LogP contribution in [0, 0.1) is 5.92 Å². The number of nitrogens with one attached hydrogen (secondary N) is 3. The first kappa shape index (κ1) is 24.1. The van der Waals surface area contributed by atoms with Gasteiger partial charge in [0.15, 0.2) is 11.5 Å². The van der Waals surface area contributed by atoms with E-state index >= 15 is 0 Å². The maximum absolute atomic E-state index is 12.7. The van der Waals surface area contributed by atoms with Gasteiger partial charge < -0.3 is 10.3 Å². The monoisotopic (exact) mass is 529 g/mol. The van der Waals surface area contributed by atoms with Crippen LogP contribution in [-0.2, 0) is 4.79 Å². The van der Waals surface area contributed by atoms with Crippen LogP contribution in [0.1, 0.15) is 38.5 Å². The van der Waals surface area contributed by atoms with Gasteiger partial charge in [-0.2, -0.15) is 5.10 Å². The van der Waals surface area contributed by atoms with E-state index in [1.807, 2.05) is 30.3 Å². The lowest BCUT2D eigenvalue weighted by Crippen LogP contribution is -2.18. The van der Waals surface area contributed by atoms with E-state index in [2.05, 4.69) is 40.4 Å². The van der Waals surface area contributed by atoms with Crippen molar-refractivity contribution in [3.63, 3.8) is 0 Å². The molecule has 0 saturated heterocycles. The Bertz CT molecular complexity index is 1820. The Morgan fingerprint density at radius 2 is 1.80 bits per heavy atom. The number of hydrogen-bond donors (Lipinski definition) is 3. The molecule has 1 amide bonds. The fraction of sp³-hybridized carbons (Fsp3) is 0.233. The predicted molar refractivity (Wildman–Crippen MR) is 153 cm³/mol. The van der Waals surface area contributed by atoms with Crippen LogP contribution in [0.15, 0.2) is 67.5 Å². The maximum atomic E-state index is 12.7. The van der Waals surface area contributed by atoms with Crippen molar-refractivity contribution in [3.05, 3.63) is 67.5 Å². The zero-order chi connectivity index (χ0) is 26.9. The molecule has 0 bridgehead atoms. The fourth-order valence-electron chi connectivity index (χ4n) is 5.56. The van der Waals surface area contributed by atoms with E-state index in [0.717, 1.165) is 51.6 Å². The highest BCUT2D eigenvalue weighted by molar-refractivity contribution is 5.97. The Balaban J connectivity index is 1.19. The highest BCUT2D eigenvalue weighted by atomic mass is 16.1. The lowest BCUT2D eigenvalue weighted by atomic mass is 9.87. The van der Waals surface area contributed by atoms with Crippen molar-refractivity contribution in [1.82, 2.24) is 40.1 Å². The molecule has 1 aliphatic rings. The lowest BCUT2D eigenvalue weighted by molar-refractivity contribution is -0.117. The highest BCUT2D eigenvalue weighted by Crippen LogP contribution is 2.32. The van der Waals surface area contributed by atoms with E-state index < -0.39 is 0 Å². The number of anilines is 1. The van der Waals surface area contributed by atoms with Crippen LogP contribution < -0.4 is 5.32 Å². The Labute approximate surface area is 229 Å². The Morgan fingerprint density at radius 1 is 0.925 bits per heavy atom. The second-order valence-corrected chi connectivity index (χ2v) is 10.3. The van der Waals surface area contributed by atoms with Crippen LogP contribution in [0.2, 0.25) is 0 Å². The third kappa shape index (κ3) is 4.68. The second-order valence-electron chi connectivity index (χ2n) is 10.3. The summed E-state index contributed by atoms with van der Waals surface area (Å²) in [6.07, 6.45) is 17.0. The van der Waals surface area contributed by atoms with Gasteiger partial charge >= 0.3 is 0 Å². The summed E-state index contributed by atoms with van der Waals surface area (Å²) in [5.74, 6) is 1.12. The predicted octanol–water partition coefficient (Wildman–Crippen LogP) is 5.93. The Kier molecular flexibility index (Phi) is 6.19. The van der Waals surface area contributed by atoms with Crippen molar-refractivity contribution in [2.24, 2.45) is 5.92 Å². The molecule has 6 aromatic rings. The van der Waals surface area contributed by atoms with Gasteiger partial charge in [-0.05, 0) is 54.7 Å². The number of fused-ring (bicyclic) bond motifs is 2. The summed E-state index contributed by atoms with van der Waals surface area (Å²) >= 11 is 0. The smallest absolute Gasteiger partial charge is 0.224 e. The number of pyridine rings is 4. The van der Waals surface area contributed by atoms with E-state index in [1.54, 1.807) is 37.2 Å². The topological polar surface area (TPSA) is 138 Å². The van der Waals surface area contributed by atoms with Gasteiger partial charge in [-0.15, -0.1) is 0 Å². The van der Waals surface area contributed by atoms with Crippen molar-refractivity contribution in [2.75, 3.05) is 5.32 Å². The van der Waals surface area contributed by atoms with Crippen LogP contribution in [-0.4, -0.2) is 46.0 Å². The van der Waals surface area contributed by atoms with Crippen molar-refractivity contribution in [1.29, 1.82) is 0 Å². The molecule has 3 N–H and O–H groups in total. The van der Waals surface area contributed by atoms with Gasteiger partial charge in [0.2, 0.25) is 5.91 Å². The van der Waals surface area contributed by atoms with Crippen molar-refractivity contribution in [3.8, 4) is 33.9 Å². The minimum Gasteiger partial charge on any atom is -0.335 e. The molecule has 10 nitrogen and oxygen atoms in total. The molecule has 7 rings (SSSR count). The Hall–Kier alpha value is -4.99. The molecule has 0 spiro atoms. The number of aromatic nitrogens is 8. The standard InChI is InChI=1S/C30H27N9O/c40-26(12-18-4-2-1-3-5-18)35-21-13-20(15-32-16-21)24-14-23-25(17-34-24)38-39-28(23)30-36-27-22(8-11-33-29(27)37-30)19-6-9-31-10-7-19/h6-11,13-18H,1-5,12H2,(H,35,40)(H,38,39)(H,33,36,37). The van der Waals surface area contributed by atoms with Crippen LogP contribution in [0.4, 0.5) is 5.69 Å². The summed E-state index contributed by atoms with van der Waals surface area (Å²) in [5.41, 5.74) is 7.09. The number of aromatic amines is 2. The average Bonchev–Trinajstić information content (AvgIpc) is 3.62. The fourth-order valence-corrected chi connectivity index (χ4v) is 5.56. The first-order valence-corrected chi connectivity index (χ1v) is 13.6. The normalized spacial score (nSPS) is 14.1. The summed E-state index contributed by atoms with van der Waals surface area (Å²) in [5, 5.41) is 11.5. The average molecular weight is 530 g/mol. The van der Waals surface area contributed by atoms with Gasteiger partial charge in [0.25, 0.3) is 0 Å². The SMILES string of the molecule is O=C(CC1CCCCC1)Nc1cncc(-c2cc3c(-c4nc5nccc(-c6ccncc6)c5[nH]4)n[nH]c3cn2)c1. The molecule has 40 heavy (non-hydrogen) atoms. The molecule has 198 valence electrons. The molecular weight excluding hydrogens is 502 g/mol. The minimum absolute atomic E-state index is 0.0380. The molecule has 1 aliphatic carbocycles. The first-order chi connectivity index (χ1) is 19.7. The van der Waals surface area contributed by atoms with Gasteiger partial charge in [-0.25, -0.2) is 9.97 Å². The van der Waals surface area contributed by atoms with Crippen molar-refractivity contribution in [2.45, 2.75) is 38.5 Å². The zero-order valence-corrected chi connectivity index (χ0v) is 21.8. The number of amides is 1. The number of H-pyrrole nitrogens is 2. The van der Waals surface area contributed by atoms with Crippen LogP contribution in [0.25, 0.3) is 56.0 Å². The minimum atomic E-state index is 0.0380. The molecule has 0 aromatic carbocycles. The molecule has 1 saturated carbocycles. The molecule has 0 unspecified atom stereocenters. The van der Waals surface area contributed by atoms with E-state index in [1.165, 1.54) is 19.3 Å². The Morgan fingerprint density at radius 3 is 2.67 bits per heavy atom. The largest absolute Gasteiger partial charge is 0.335 e. The molecular formula is C30H27N9O. The van der Waals surface area contributed by atoms with Gasteiger partial charge in [0.1, 0.15) is 5.69 Å². The van der Waals surface area contributed by atoms with E-state index in [9.17, 15) is 4.79 Å². The van der Waals surface area contributed by atoms with Crippen LogP contribution in [0.3, 0.4) is 0 Å². The highest BCUT2D eigenvalue weighted by Gasteiger charge is 2.19. The number of carbonyl (C=O) groups excluding carboxylic acids is 1. The number of hydrogen-bond acceptors (Lipinski definition) is 7. The van der Waals surface area contributed by atoms with Gasteiger partial charge in [-0.3, -0.25) is 24.8 Å². The molecule has 10 heteroatoms. The summed E-state index contributed by atoms with van der Waals surface area (Å²) in [6.45, 7) is 0. The van der Waals surface area contributed by atoms with E-state index in [0.29, 0.717) is 35.2 Å². The summed E-state index contributed by atoms with van der Waals surface area (Å²) in [4.78, 5) is 38.4. The van der Waals surface area contributed by atoms with Gasteiger partial charge in [0.05, 0.1) is 34.8 Å². The molecule has 6 heterocycles. The van der Waals surface area contributed by atoms with Gasteiger partial charge in [-0.1, -0.05) is 19.3 Å². The first-order valence-electron chi connectivity index (χ1n) is 13.6. The summed E-state index contributed by atoms with van der Waals surface area (Å²) in [6, 6.07) is 9.74. The number of carbonyl (C=O) groups is 1. The molecule has 6 aromatic heterocycles. The lowest BCUT2D eigenvalue weighted by Gasteiger charge is -2.20. The zero-order valence-electron chi connectivity index (χ0n) is 21.8. The molecule has 0 aliphatic heterocycles. The second kappa shape index (κ2) is 10.3. The van der Waals surface area contributed by atoms with Gasteiger partial charge in [0, 0.05) is 47.7 Å². The van der Waals surface area contributed by atoms with E-state index in [4.69, 9.17) is 4.98 Å². The summed E-state index contributed by atoms with van der Waals surface area (Å²) in [7, 11) is 0. The molecule has 1 fully saturated rings. The van der Waals surface area contributed by atoms with Crippen LogP contribution in [0.5, 0.6) is 0 Å². The van der Waals surface area contributed by atoms with Crippen molar-refractivity contribution < 1.29 is 4.79 Å². The third-order valence-corrected chi connectivity index (χ3v) is 7.57. The number of imidazole rings is 1. The van der Waals surface area contributed by atoms with Crippen LogP contribution >= 0.6 is 0 Å². The molecule has 0 radical (unpaired) electrons. The number of rotatable bonds is 6. The van der Waals surface area contributed by atoms with E-state index in [-0.39, 0.29) is 5.91 Å². The quantitative estimate of drug-likeness (QED) is 0.243.